The van der Waals surface area contributed by atoms with Crippen LogP contribution < -0.4 is 10.5 Å². The Morgan fingerprint density at radius 1 is 1.05 bits per heavy atom. The lowest BCUT2D eigenvalue weighted by Gasteiger charge is -2.11. The van der Waals surface area contributed by atoms with E-state index in [1.807, 2.05) is 24.3 Å². The van der Waals surface area contributed by atoms with Crippen LogP contribution in [-0.4, -0.2) is 6.04 Å². The smallest absolute Gasteiger partial charge is 0.130 e. The molecule has 0 saturated carbocycles. The maximum absolute atomic E-state index is 5.97. The summed E-state index contributed by atoms with van der Waals surface area (Å²) in [6.07, 6.45) is 1.79. The molecule has 0 bridgehead atoms. The van der Waals surface area contributed by atoms with Gasteiger partial charge in [-0.05, 0) is 48.7 Å². The Bertz CT molecular complexity index is 566. The molecular weight excluding hydrogens is 293 g/mol. The summed E-state index contributed by atoms with van der Waals surface area (Å²) >= 11 is 11.9. The summed E-state index contributed by atoms with van der Waals surface area (Å²) in [4.78, 5) is 0. The molecule has 2 rings (SSSR count). The van der Waals surface area contributed by atoms with Gasteiger partial charge in [0.15, 0.2) is 0 Å². The molecule has 0 amide bonds. The Labute approximate surface area is 129 Å². The second-order valence-corrected chi connectivity index (χ2v) is 5.60. The molecule has 0 aromatic heterocycles. The van der Waals surface area contributed by atoms with Gasteiger partial charge in [0.05, 0.1) is 0 Å². The average Bonchev–Trinajstić information content (AvgIpc) is 2.37. The van der Waals surface area contributed by atoms with E-state index in [4.69, 9.17) is 33.7 Å². The van der Waals surface area contributed by atoms with Crippen LogP contribution in [0.5, 0.6) is 11.5 Å². The largest absolute Gasteiger partial charge is 0.457 e. The molecule has 1 atom stereocenters. The van der Waals surface area contributed by atoms with Gasteiger partial charge >= 0.3 is 0 Å². The first-order chi connectivity index (χ1) is 9.56. The van der Waals surface area contributed by atoms with E-state index >= 15 is 0 Å². The van der Waals surface area contributed by atoms with E-state index in [2.05, 4.69) is 6.92 Å². The highest BCUT2D eigenvalue weighted by Crippen LogP contribution is 2.28. The molecule has 2 nitrogen and oxygen atoms in total. The highest BCUT2D eigenvalue weighted by molar-refractivity contribution is 6.34. The molecule has 0 heterocycles. The molecule has 2 aromatic carbocycles. The Balaban J connectivity index is 2.15. The first-order valence-electron chi connectivity index (χ1n) is 6.55. The third-order valence-corrected chi connectivity index (χ3v) is 3.43. The summed E-state index contributed by atoms with van der Waals surface area (Å²) in [6.45, 7) is 2.08. The standard InChI is InChI=1S/C16H17Cl2NO/c1-2-14(19)6-11-4-3-5-15(7-11)20-16-9-12(17)8-13(18)10-16/h3-5,7-10,14H,2,6,19H2,1H3. The maximum Gasteiger partial charge on any atom is 0.130 e. The maximum atomic E-state index is 5.97. The molecule has 0 saturated heterocycles. The van der Waals surface area contributed by atoms with Crippen LogP contribution in [0, 0.1) is 0 Å². The summed E-state index contributed by atoms with van der Waals surface area (Å²) in [5.41, 5.74) is 7.13. The Morgan fingerprint density at radius 3 is 2.40 bits per heavy atom. The highest BCUT2D eigenvalue weighted by Gasteiger charge is 2.05. The molecule has 0 aliphatic heterocycles. The van der Waals surface area contributed by atoms with Crippen molar-refractivity contribution in [2.45, 2.75) is 25.8 Å². The molecule has 20 heavy (non-hydrogen) atoms. The van der Waals surface area contributed by atoms with Crippen molar-refractivity contribution in [3.63, 3.8) is 0 Å². The minimum absolute atomic E-state index is 0.172. The van der Waals surface area contributed by atoms with Gasteiger partial charge in [0.1, 0.15) is 11.5 Å². The lowest BCUT2D eigenvalue weighted by atomic mass is 10.0. The minimum atomic E-state index is 0.172. The van der Waals surface area contributed by atoms with Crippen LogP contribution in [0.15, 0.2) is 42.5 Å². The highest BCUT2D eigenvalue weighted by atomic mass is 35.5. The van der Waals surface area contributed by atoms with E-state index in [-0.39, 0.29) is 6.04 Å². The second kappa shape index (κ2) is 6.98. The molecule has 4 heteroatoms. The molecule has 0 aliphatic rings. The first kappa shape index (κ1) is 15.2. The average molecular weight is 310 g/mol. The molecule has 0 radical (unpaired) electrons. The minimum Gasteiger partial charge on any atom is -0.457 e. The van der Waals surface area contributed by atoms with Crippen LogP contribution in [0.3, 0.4) is 0 Å². The van der Waals surface area contributed by atoms with Crippen LogP contribution in [0.25, 0.3) is 0 Å². The van der Waals surface area contributed by atoms with E-state index in [1.54, 1.807) is 18.2 Å². The number of halogens is 2. The number of ether oxygens (including phenoxy) is 1. The monoisotopic (exact) mass is 309 g/mol. The molecule has 2 aromatic rings. The van der Waals surface area contributed by atoms with Crippen molar-refractivity contribution < 1.29 is 4.74 Å². The van der Waals surface area contributed by atoms with Crippen molar-refractivity contribution in [1.82, 2.24) is 0 Å². The summed E-state index contributed by atoms with van der Waals surface area (Å²) in [5.74, 6) is 1.38. The fraction of sp³-hybridized carbons (Fsp3) is 0.250. The van der Waals surface area contributed by atoms with Gasteiger partial charge in [0, 0.05) is 16.1 Å². The molecule has 106 valence electrons. The van der Waals surface area contributed by atoms with Crippen molar-refractivity contribution >= 4 is 23.2 Å². The fourth-order valence-electron chi connectivity index (χ4n) is 1.91. The van der Waals surface area contributed by atoms with Crippen molar-refractivity contribution in [3.8, 4) is 11.5 Å². The van der Waals surface area contributed by atoms with Gasteiger partial charge in [-0.1, -0.05) is 42.3 Å². The Hall–Kier alpha value is -1.22. The third kappa shape index (κ3) is 4.41. The van der Waals surface area contributed by atoms with Gasteiger partial charge < -0.3 is 10.5 Å². The van der Waals surface area contributed by atoms with Crippen molar-refractivity contribution in [1.29, 1.82) is 0 Å². The molecule has 1 unspecified atom stereocenters. The van der Waals surface area contributed by atoms with E-state index < -0.39 is 0 Å². The van der Waals surface area contributed by atoms with Gasteiger partial charge in [-0.2, -0.15) is 0 Å². The number of benzene rings is 2. The zero-order chi connectivity index (χ0) is 14.5. The van der Waals surface area contributed by atoms with Gasteiger partial charge in [-0.3, -0.25) is 0 Å². The predicted octanol–water partition coefficient (Wildman–Crippen LogP) is 5.07. The normalized spacial score (nSPS) is 12.2. The zero-order valence-corrected chi connectivity index (χ0v) is 12.8. The molecule has 2 N–H and O–H groups in total. The summed E-state index contributed by atoms with van der Waals surface area (Å²) in [5, 5.41) is 1.10. The number of nitrogens with two attached hydrogens (primary N) is 1. The van der Waals surface area contributed by atoms with E-state index in [1.165, 1.54) is 0 Å². The van der Waals surface area contributed by atoms with E-state index in [0.717, 1.165) is 24.2 Å². The second-order valence-electron chi connectivity index (χ2n) is 4.73. The Morgan fingerprint density at radius 2 is 1.75 bits per heavy atom. The van der Waals surface area contributed by atoms with Crippen molar-refractivity contribution in [2.24, 2.45) is 5.73 Å². The third-order valence-electron chi connectivity index (χ3n) is 2.99. The van der Waals surface area contributed by atoms with Crippen LogP contribution in [0.2, 0.25) is 10.0 Å². The van der Waals surface area contributed by atoms with Crippen molar-refractivity contribution in [2.75, 3.05) is 0 Å². The van der Waals surface area contributed by atoms with Crippen LogP contribution in [-0.2, 0) is 6.42 Å². The van der Waals surface area contributed by atoms with E-state index in [9.17, 15) is 0 Å². The number of hydrogen-bond acceptors (Lipinski definition) is 2. The van der Waals surface area contributed by atoms with Gasteiger partial charge in [-0.15, -0.1) is 0 Å². The van der Waals surface area contributed by atoms with Gasteiger partial charge in [-0.25, -0.2) is 0 Å². The molecule has 0 aliphatic carbocycles. The lowest BCUT2D eigenvalue weighted by Crippen LogP contribution is -2.21. The fourth-order valence-corrected chi connectivity index (χ4v) is 2.41. The van der Waals surface area contributed by atoms with Crippen LogP contribution in [0.1, 0.15) is 18.9 Å². The lowest BCUT2D eigenvalue weighted by molar-refractivity contribution is 0.481. The molecule has 0 spiro atoms. The summed E-state index contributed by atoms with van der Waals surface area (Å²) in [6, 6.07) is 13.2. The van der Waals surface area contributed by atoms with Gasteiger partial charge in [0.2, 0.25) is 0 Å². The Kier molecular flexibility index (Phi) is 5.30. The first-order valence-corrected chi connectivity index (χ1v) is 7.31. The zero-order valence-electron chi connectivity index (χ0n) is 11.3. The van der Waals surface area contributed by atoms with Gasteiger partial charge in [0.25, 0.3) is 0 Å². The van der Waals surface area contributed by atoms with Crippen LogP contribution >= 0.6 is 23.2 Å². The number of hydrogen-bond donors (Lipinski definition) is 1. The molecule has 0 fully saturated rings. The number of rotatable bonds is 5. The predicted molar refractivity (Wildman–Crippen MR) is 84.9 cm³/mol. The SMILES string of the molecule is CCC(N)Cc1cccc(Oc2cc(Cl)cc(Cl)c2)c1. The van der Waals surface area contributed by atoms with E-state index in [0.29, 0.717) is 15.8 Å². The summed E-state index contributed by atoms with van der Waals surface area (Å²) < 4.78 is 5.79. The van der Waals surface area contributed by atoms with Crippen LogP contribution in [0.4, 0.5) is 0 Å². The summed E-state index contributed by atoms with van der Waals surface area (Å²) in [7, 11) is 0. The quantitative estimate of drug-likeness (QED) is 0.837. The van der Waals surface area contributed by atoms with Crippen molar-refractivity contribution in [3.05, 3.63) is 58.1 Å². The molecular formula is C16H17Cl2NO. The topological polar surface area (TPSA) is 35.2 Å².